The molecule has 0 unspecified atom stereocenters. The van der Waals surface area contributed by atoms with Gasteiger partial charge in [-0.05, 0) is 86.2 Å². The zero-order chi connectivity index (χ0) is 26.0. The van der Waals surface area contributed by atoms with Gasteiger partial charge in [-0.1, -0.05) is 19.1 Å². The molecule has 1 atom stereocenters. The van der Waals surface area contributed by atoms with Crippen LogP contribution in [0.1, 0.15) is 74.0 Å². The number of aryl methyl sites for hydroxylation is 1. The Morgan fingerprint density at radius 2 is 2.03 bits per heavy atom. The first-order valence-corrected chi connectivity index (χ1v) is 14.0. The van der Waals surface area contributed by atoms with Crippen molar-refractivity contribution in [1.82, 2.24) is 29.2 Å². The molecule has 1 saturated heterocycles. The fraction of sp³-hybridized carbons (Fsp3) is 0.500. The molecule has 2 aliphatic carbocycles. The smallest absolute Gasteiger partial charge is 0.279 e. The van der Waals surface area contributed by atoms with Gasteiger partial charge in [0.2, 0.25) is 0 Å². The molecule has 8 heteroatoms. The number of halogens is 1. The standard InChI is InChI=1S/C30H35FN6O/c1-19-5-4-10-36(15-19)16-23-12-25-26(20-8-9-20)17-37(28(38)27(25)33-23)24-7-3-6-21(11-24)30(13-22(31)14-30)29-34-32-18-35(29)2/h3,6-7,11-12,17-20,22,33H,4-5,8-10,13-16H2,1-2H3/t19-,22?,30?/m0/s1. The fourth-order valence-corrected chi connectivity index (χ4v) is 6.88. The molecule has 38 heavy (non-hydrogen) atoms. The van der Waals surface area contributed by atoms with Crippen molar-refractivity contribution in [3.05, 3.63) is 75.9 Å². The lowest BCUT2D eigenvalue weighted by atomic mass is 9.62. The topological polar surface area (TPSA) is 71.7 Å². The first-order chi connectivity index (χ1) is 18.4. The lowest BCUT2D eigenvalue weighted by molar-refractivity contribution is 0.114. The summed E-state index contributed by atoms with van der Waals surface area (Å²) in [7, 11) is 1.90. The highest BCUT2D eigenvalue weighted by molar-refractivity contribution is 5.84. The summed E-state index contributed by atoms with van der Waals surface area (Å²) in [4.78, 5) is 19.9. The lowest BCUT2D eigenvalue weighted by Crippen LogP contribution is -2.45. The zero-order valence-electron chi connectivity index (χ0n) is 22.2. The summed E-state index contributed by atoms with van der Waals surface area (Å²) >= 11 is 0. The van der Waals surface area contributed by atoms with Crippen LogP contribution in [0.15, 0.2) is 47.7 Å². The molecule has 7 rings (SSSR count). The Kier molecular flexibility index (Phi) is 5.58. The van der Waals surface area contributed by atoms with E-state index in [1.54, 1.807) is 10.9 Å². The second-order valence-corrected chi connectivity index (χ2v) is 12.0. The summed E-state index contributed by atoms with van der Waals surface area (Å²) in [6.07, 6.45) is 8.44. The number of alkyl halides is 1. The van der Waals surface area contributed by atoms with Crippen molar-refractivity contribution < 1.29 is 4.39 Å². The van der Waals surface area contributed by atoms with Crippen LogP contribution in [0.2, 0.25) is 0 Å². The Morgan fingerprint density at radius 3 is 2.74 bits per heavy atom. The Bertz CT molecular complexity index is 1560. The summed E-state index contributed by atoms with van der Waals surface area (Å²) in [6, 6.07) is 10.2. The summed E-state index contributed by atoms with van der Waals surface area (Å²) in [5, 5.41) is 9.48. The number of hydrogen-bond donors (Lipinski definition) is 1. The van der Waals surface area contributed by atoms with Crippen LogP contribution in [0.5, 0.6) is 0 Å². The number of fused-ring (bicyclic) bond motifs is 1. The van der Waals surface area contributed by atoms with Gasteiger partial charge in [-0.15, -0.1) is 10.2 Å². The van der Waals surface area contributed by atoms with E-state index in [4.69, 9.17) is 0 Å². The molecule has 3 aliphatic rings. The number of aromatic nitrogens is 5. The van der Waals surface area contributed by atoms with Crippen molar-refractivity contribution in [3.8, 4) is 5.69 Å². The monoisotopic (exact) mass is 514 g/mol. The van der Waals surface area contributed by atoms with Crippen LogP contribution in [0.25, 0.3) is 16.6 Å². The minimum atomic E-state index is -0.865. The molecule has 0 spiro atoms. The van der Waals surface area contributed by atoms with Gasteiger partial charge in [-0.25, -0.2) is 4.39 Å². The van der Waals surface area contributed by atoms with Crippen LogP contribution in [-0.4, -0.2) is 48.5 Å². The van der Waals surface area contributed by atoms with E-state index in [1.165, 1.54) is 18.4 Å². The van der Waals surface area contributed by atoms with Crippen LogP contribution in [0.3, 0.4) is 0 Å². The van der Waals surface area contributed by atoms with E-state index in [-0.39, 0.29) is 5.56 Å². The van der Waals surface area contributed by atoms with Gasteiger partial charge >= 0.3 is 0 Å². The largest absolute Gasteiger partial charge is 0.353 e. The normalized spacial score (nSPS) is 26.1. The molecular formula is C30H35FN6O. The van der Waals surface area contributed by atoms with Crippen LogP contribution in [-0.2, 0) is 19.0 Å². The summed E-state index contributed by atoms with van der Waals surface area (Å²) in [5.41, 5.74) is 4.27. The molecule has 3 aromatic heterocycles. The third-order valence-electron chi connectivity index (χ3n) is 8.99. The molecule has 1 N–H and O–H groups in total. The Balaban J connectivity index is 1.30. The Hall–Kier alpha value is -3.26. The van der Waals surface area contributed by atoms with Crippen molar-refractivity contribution in [1.29, 1.82) is 0 Å². The number of nitrogens with one attached hydrogen (secondary N) is 1. The van der Waals surface area contributed by atoms with Gasteiger partial charge in [0.25, 0.3) is 5.56 Å². The van der Waals surface area contributed by atoms with Gasteiger partial charge in [-0.3, -0.25) is 14.3 Å². The molecule has 3 fully saturated rings. The Labute approximate surface area is 221 Å². The zero-order valence-corrected chi connectivity index (χ0v) is 22.2. The number of benzene rings is 1. The highest BCUT2D eigenvalue weighted by atomic mass is 19.1. The molecule has 1 aliphatic heterocycles. The average Bonchev–Trinajstić information content (AvgIpc) is 3.50. The van der Waals surface area contributed by atoms with E-state index in [2.05, 4.69) is 39.3 Å². The number of rotatable bonds is 6. The van der Waals surface area contributed by atoms with Crippen LogP contribution in [0, 0.1) is 5.92 Å². The SMILES string of the molecule is C[C@H]1CCCN(Cc2cc3c(C4CC4)cn(-c4cccc(C5(c6nncn6C)CC(F)C5)c4)c(=O)c3[nH]2)C1. The first-order valence-electron chi connectivity index (χ1n) is 14.0. The first kappa shape index (κ1) is 23.8. The number of nitrogens with zero attached hydrogens (tertiary/aromatic N) is 5. The number of hydrogen-bond acceptors (Lipinski definition) is 4. The highest BCUT2D eigenvalue weighted by Gasteiger charge is 2.50. The maximum atomic E-state index is 14.3. The van der Waals surface area contributed by atoms with Crippen molar-refractivity contribution in [3.63, 3.8) is 0 Å². The maximum absolute atomic E-state index is 14.3. The van der Waals surface area contributed by atoms with Crippen molar-refractivity contribution in [2.45, 2.75) is 69.5 Å². The van der Waals surface area contributed by atoms with E-state index in [0.29, 0.717) is 30.2 Å². The molecule has 4 aromatic rings. The van der Waals surface area contributed by atoms with Crippen molar-refractivity contribution in [2.24, 2.45) is 13.0 Å². The molecule has 0 bridgehead atoms. The lowest BCUT2D eigenvalue weighted by Gasteiger charge is -2.43. The number of H-pyrrole nitrogens is 1. The van der Waals surface area contributed by atoms with E-state index in [1.807, 2.05) is 35.9 Å². The van der Waals surface area contributed by atoms with Gasteiger partial charge in [0, 0.05) is 43.1 Å². The van der Waals surface area contributed by atoms with E-state index >= 15 is 0 Å². The quantitative estimate of drug-likeness (QED) is 0.394. The van der Waals surface area contributed by atoms with E-state index in [9.17, 15) is 9.18 Å². The van der Waals surface area contributed by atoms with E-state index in [0.717, 1.165) is 60.6 Å². The van der Waals surface area contributed by atoms with Gasteiger partial charge in [0.15, 0.2) is 0 Å². The van der Waals surface area contributed by atoms with Gasteiger partial charge in [0.1, 0.15) is 23.8 Å². The molecule has 2 saturated carbocycles. The van der Waals surface area contributed by atoms with Gasteiger partial charge < -0.3 is 9.55 Å². The molecular weight excluding hydrogens is 479 g/mol. The highest BCUT2D eigenvalue weighted by Crippen LogP contribution is 2.50. The second kappa shape index (κ2) is 8.90. The van der Waals surface area contributed by atoms with Crippen molar-refractivity contribution >= 4 is 10.9 Å². The summed E-state index contributed by atoms with van der Waals surface area (Å²) in [6.45, 7) is 5.39. The van der Waals surface area contributed by atoms with Crippen LogP contribution < -0.4 is 5.56 Å². The predicted octanol–water partition coefficient (Wildman–Crippen LogP) is 4.97. The molecule has 0 amide bonds. The van der Waals surface area contributed by atoms with Gasteiger partial charge in [0.05, 0.1) is 5.41 Å². The average molecular weight is 515 g/mol. The summed E-state index contributed by atoms with van der Waals surface area (Å²) < 4.78 is 18.0. The minimum Gasteiger partial charge on any atom is -0.353 e. The van der Waals surface area contributed by atoms with Gasteiger partial charge in [-0.2, -0.15) is 0 Å². The van der Waals surface area contributed by atoms with E-state index < -0.39 is 11.6 Å². The van der Waals surface area contributed by atoms with Crippen molar-refractivity contribution in [2.75, 3.05) is 13.1 Å². The van der Waals surface area contributed by atoms with Crippen LogP contribution >= 0.6 is 0 Å². The number of pyridine rings is 1. The minimum absolute atomic E-state index is 0.0375. The predicted molar refractivity (Wildman–Crippen MR) is 145 cm³/mol. The molecule has 198 valence electrons. The number of likely N-dealkylation sites (tertiary alicyclic amines) is 1. The molecule has 1 aromatic carbocycles. The third-order valence-corrected chi connectivity index (χ3v) is 8.99. The number of aromatic amines is 1. The second-order valence-electron chi connectivity index (χ2n) is 12.0. The Morgan fingerprint density at radius 1 is 1.18 bits per heavy atom. The maximum Gasteiger partial charge on any atom is 0.279 e. The molecule has 4 heterocycles. The van der Waals surface area contributed by atoms with Crippen LogP contribution in [0.4, 0.5) is 4.39 Å². The molecule has 0 radical (unpaired) electrons. The fourth-order valence-electron chi connectivity index (χ4n) is 6.88. The third kappa shape index (κ3) is 3.92. The summed E-state index contributed by atoms with van der Waals surface area (Å²) in [5.74, 6) is 1.98. The molecule has 7 nitrogen and oxygen atoms in total. The number of piperidine rings is 1.